The molecule has 2 aliphatic rings. The minimum atomic E-state index is -1.16. The van der Waals surface area contributed by atoms with Crippen LogP contribution in [0.2, 0.25) is 0 Å². The van der Waals surface area contributed by atoms with Crippen molar-refractivity contribution < 1.29 is 19.5 Å². The van der Waals surface area contributed by atoms with Crippen LogP contribution >= 0.6 is 23.4 Å². The van der Waals surface area contributed by atoms with Gasteiger partial charge in [0.15, 0.2) is 0 Å². The van der Waals surface area contributed by atoms with E-state index in [9.17, 15) is 14.4 Å². The van der Waals surface area contributed by atoms with E-state index >= 15 is 0 Å². The molecular weight excluding hydrogens is 280 g/mol. The Morgan fingerprint density at radius 2 is 2.28 bits per heavy atom. The van der Waals surface area contributed by atoms with Crippen LogP contribution in [0.1, 0.15) is 6.92 Å². The highest BCUT2D eigenvalue weighted by molar-refractivity contribution is 8.00. The smallest absolute Gasteiger partial charge is 0.352 e. The van der Waals surface area contributed by atoms with Crippen LogP contribution in [0.4, 0.5) is 0 Å². The number of hydrogen-bond donors (Lipinski definition) is 2. The maximum Gasteiger partial charge on any atom is 0.352 e. The standard InChI is InChI=1S/C10H11ClN2O4S/c1-4(14)12-6-8(15)13-7(10(16)17)5(2-11)3-18-9(6)13/h6,9H,2-3H2,1H3,(H,12,14)(H,16,17). The van der Waals surface area contributed by atoms with Gasteiger partial charge in [-0.3, -0.25) is 14.5 Å². The van der Waals surface area contributed by atoms with Crippen molar-refractivity contribution >= 4 is 41.1 Å². The molecule has 0 aromatic heterocycles. The molecule has 18 heavy (non-hydrogen) atoms. The number of rotatable bonds is 3. The van der Waals surface area contributed by atoms with Crippen molar-refractivity contribution in [2.45, 2.75) is 18.3 Å². The lowest BCUT2D eigenvalue weighted by molar-refractivity contribution is -0.150. The topological polar surface area (TPSA) is 86.7 Å². The van der Waals surface area contributed by atoms with Gasteiger partial charge in [0.2, 0.25) is 5.91 Å². The maximum absolute atomic E-state index is 11.9. The van der Waals surface area contributed by atoms with Crippen molar-refractivity contribution in [1.82, 2.24) is 10.2 Å². The maximum atomic E-state index is 11.9. The van der Waals surface area contributed by atoms with E-state index in [1.54, 1.807) is 0 Å². The Kier molecular flexibility index (Phi) is 3.54. The SMILES string of the molecule is CC(=O)NC1C(=O)N2C(C(=O)O)=C(CCl)CSC12. The van der Waals surface area contributed by atoms with E-state index < -0.39 is 17.9 Å². The van der Waals surface area contributed by atoms with Gasteiger partial charge >= 0.3 is 5.97 Å². The van der Waals surface area contributed by atoms with E-state index in [2.05, 4.69) is 5.32 Å². The van der Waals surface area contributed by atoms with Crippen LogP contribution in [-0.2, 0) is 14.4 Å². The Hall–Kier alpha value is -1.21. The van der Waals surface area contributed by atoms with Crippen LogP contribution in [0.25, 0.3) is 0 Å². The molecule has 0 radical (unpaired) electrons. The van der Waals surface area contributed by atoms with Gasteiger partial charge in [0.05, 0.1) is 0 Å². The second-order valence-electron chi connectivity index (χ2n) is 3.98. The number of aliphatic carboxylic acids is 1. The van der Waals surface area contributed by atoms with Crippen LogP contribution in [0.3, 0.4) is 0 Å². The molecular formula is C10H11ClN2O4S. The zero-order chi connectivity index (χ0) is 13.4. The second-order valence-corrected chi connectivity index (χ2v) is 5.35. The van der Waals surface area contributed by atoms with Crippen molar-refractivity contribution in [1.29, 1.82) is 0 Å². The van der Waals surface area contributed by atoms with Crippen molar-refractivity contribution in [3.05, 3.63) is 11.3 Å². The second kappa shape index (κ2) is 4.81. The third-order valence-electron chi connectivity index (χ3n) is 2.77. The summed E-state index contributed by atoms with van der Waals surface area (Å²) in [6, 6.07) is -0.640. The normalized spacial score (nSPS) is 26.6. The third-order valence-corrected chi connectivity index (χ3v) is 4.43. The molecule has 2 aliphatic heterocycles. The molecule has 2 amide bonds. The van der Waals surface area contributed by atoms with E-state index in [0.717, 1.165) is 0 Å². The summed E-state index contributed by atoms with van der Waals surface area (Å²) in [6.45, 7) is 1.32. The number of carboxylic acid groups (broad SMARTS) is 1. The first-order valence-electron chi connectivity index (χ1n) is 5.20. The highest BCUT2D eigenvalue weighted by atomic mass is 35.5. The molecule has 0 aromatic rings. The van der Waals surface area contributed by atoms with Crippen LogP contribution in [0, 0.1) is 0 Å². The summed E-state index contributed by atoms with van der Waals surface area (Å²) < 4.78 is 0. The average Bonchev–Trinajstić information content (AvgIpc) is 2.33. The quantitative estimate of drug-likeness (QED) is 0.564. The molecule has 8 heteroatoms. The van der Waals surface area contributed by atoms with Gasteiger partial charge in [0.25, 0.3) is 5.91 Å². The van der Waals surface area contributed by atoms with E-state index in [1.807, 2.05) is 0 Å². The summed E-state index contributed by atoms with van der Waals surface area (Å²) >= 11 is 7.09. The van der Waals surface area contributed by atoms with Gasteiger partial charge in [-0.1, -0.05) is 0 Å². The van der Waals surface area contributed by atoms with Gasteiger partial charge in [-0.2, -0.15) is 0 Å². The molecule has 2 atom stereocenters. The third kappa shape index (κ3) is 1.97. The first-order chi connectivity index (χ1) is 8.47. The number of hydrogen-bond acceptors (Lipinski definition) is 4. The van der Waals surface area contributed by atoms with Gasteiger partial charge in [-0.05, 0) is 5.57 Å². The number of thioether (sulfide) groups is 1. The van der Waals surface area contributed by atoms with Gasteiger partial charge in [0.1, 0.15) is 17.1 Å². The van der Waals surface area contributed by atoms with E-state index in [-0.39, 0.29) is 22.9 Å². The Morgan fingerprint density at radius 3 is 2.78 bits per heavy atom. The highest BCUT2D eigenvalue weighted by Crippen LogP contribution is 2.40. The Morgan fingerprint density at radius 1 is 1.61 bits per heavy atom. The molecule has 2 N–H and O–H groups in total. The molecule has 2 rings (SSSR count). The Labute approximate surface area is 112 Å². The number of halogens is 1. The largest absolute Gasteiger partial charge is 0.477 e. The molecule has 0 spiro atoms. The first-order valence-corrected chi connectivity index (χ1v) is 6.78. The number of carbonyl (C=O) groups is 3. The summed E-state index contributed by atoms with van der Waals surface area (Å²) in [7, 11) is 0. The average molecular weight is 291 g/mol. The van der Waals surface area contributed by atoms with Crippen LogP contribution in [-0.4, -0.2) is 50.8 Å². The van der Waals surface area contributed by atoms with E-state index in [0.29, 0.717) is 11.3 Å². The van der Waals surface area contributed by atoms with Crippen LogP contribution in [0.15, 0.2) is 11.3 Å². The van der Waals surface area contributed by atoms with Gasteiger partial charge in [-0.25, -0.2) is 4.79 Å². The van der Waals surface area contributed by atoms with Crippen molar-refractivity contribution in [2.75, 3.05) is 11.6 Å². The van der Waals surface area contributed by atoms with Crippen molar-refractivity contribution in [3.63, 3.8) is 0 Å². The van der Waals surface area contributed by atoms with Gasteiger partial charge in [-0.15, -0.1) is 23.4 Å². The number of nitrogens with zero attached hydrogens (tertiary/aromatic N) is 1. The number of carboxylic acids is 1. The van der Waals surface area contributed by atoms with Gasteiger partial charge < -0.3 is 10.4 Å². The minimum Gasteiger partial charge on any atom is -0.477 e. The number of β-lactam (4-membered cyclic amide) rings is 1. The summed E-state index contributed by atoms with van der Waals surface area (Å²) in [4.78, 5) is 35.2. The summed E-state index contributed by atoms with van der Waals surface area (Å²) in [5, 5.41) is 11.3. The van der Waals surface area contributed by atoms with Crippen molar-refractivity contribution in [3.8, 4) is 0 Å². The molecule has 2 unspecified atom stereocenters. The zero-order valence-corrected chi connectivity index (χ0v) is 11.0. The van der Waals surface area contributed by atoms with Gasteiger partial charge in [0, 0.05) is 18.6 Å². The molecule has 0 aromatic carbocycles. The lowest BCUT2D eigenvalue weighted by atomic mass is 10.0. The Bertz CT molecular complexity index is 465. The fraction of sp³-hybridized carbons (Fsp3) is 0.500. The summed E-state index contributed by atoms with van der Waals surface area (Å²) in [5.41, 5.74) is 0.486. The lowest BCUT2D eigenvalue weighted by Crippen LogP contribution is -2.70. The number of alkyl halides is 1. The fourth-order valence-electron chi connectivity index (χ4n) is 2.01. The number of carbonyl (C=O) groups excluding carboxylic acids is 2. The summed E-state index contributed by atoms with van der Waals surface area (Å²) in [5.74, 6) is -1.34. The van der Waals surface area contributed by atoms with Crippen LogP contribution in [0.5, 0.6) is 0 Å². The molecule has 1 fully saturated rings. The number of nitrogens with one attached hydrogen (secondary N) is 1. The Balaban J connectivity index is 2.26. The first kappa shape index (κ1) is 13.2. The van der Waals surface area contributed by atoms with Crippen LogP contribution < -0.4 is 5.32 Å². The minimum absolute atomic E-state index is 0.0413. The highest BCUT2D eigenvalue weighted by Gasteiger charge is 2.53. The molecule has 1 saturated heterocycles. The molecule has 0 saturated carbocycles. The molecule has 2 heterocycles. The van der Waals surface area contributed by atoms with Crippen molar-refractivity contribution in [2.24, 2.45) is 0 Å². The monoisotopic (exact) mass is 290 g/mol. The lowest BCUT2D eigenvalue weighted by Gasteiger charge is -2.49. The number of amides is 2. The predicted octanol–water partition coefficient (Wildman–Crippen LogP) is -0.0163. The molecule has 98 valence electrons. The fourth-order valence-corrected chi connectivity index (χ4v) is 3.68. The zero-order valence-electron chi connectivity index (χ0n) is 9.47. The molecule has 0 aliphatic carbocycles. The van der Waals surface area contributed by atoms with E-state index in [4.69, 9.17) is 16.7 Å². The van der Waals surface area contributed by atoms with E-state index in [1.165, 1.54) is 23.6 Å². The predicted molar refractivity (Wildman–Crippen MR) is 66.1 cm³/mol. The number of fused-ring (bicyclic) bond motifs is 1. The molecule has 0 bridgehead atoms. The molecule has 6 nitrogen and oxygen atoms in total. The summed E-state index contributed by atoms with van der Waals surface area (Å²) in [6.07, 6.45) is 0.